The quantitative estimate of drug-likeness (QED) is 0.0351. The highest BCUT2D eigenvalue weighted by molar-refractivity contribution is 5.71. The summed E-state index contributed by atoms with van der Waals surface area (Å²) in [7, 11) is 0. The lowest BCUT2D eigenvalue weighted by Gasteiger charge is -2.18. The van der Waals surface area contributed by atoms with Crippen LogP contribution in [0.2, 0.25) is 0 Å². The zero-order valence-corrected chi connectivity index (χ0v) is 35.8. The van der Waals surface area contributed by atoms with Crippen LogP contribution < -0.4 is 0 Å². The van der Waals surface area contributed by atoms with Crippen molar-refractivity contribution in [1.82, 2.24) is 0 Å². The summed E-state index contributed by atoms with van der Waals surface area (Å²) in [6.45, 7) is 6.57. The number of unbranched alkanes of at least 4 members (excludes halogenated alkanes) is 32. The van der Waals surface area contributed by atoms with Gasteiger partial charge < -0.3 is 14.2 Å². The lowest BCUT2D eigenvalue weighted by molar-refractivity contribution is -0.167. The molecular formula is C47H90O6. The third-order valence-electron chi connectivity index (χ3n) is 10.6. The Balaban J connectivity index is 4.08. The van der Waals surface area contributed by atoms with Crippen LogP contribution in [0.4, 0.5) is 0 Å². The highest BCUT2D eigenvalue weighted by atomic mass is 16.6. The minimum atomic E-state index is -0.756. The zero-order chi connectivity index (χ0) is 38.7. The van der Waals surface area contributed by atoms with Crippen LogP contribution in [-0.4, -0.2) is 37.2 Å². The second-order valence-electron chi connectivity index (χ2n) is 16.0. The topological polar surface area (TPSA) is 78.9 Å². The summed E-state index contributed by atoms with van der Waals surface area (Å²) in [6, 6.07) is 0. The minimum Gasteiger partial charge on any atom is -0.462 e. The summed E-state index contributed by atoms with van der Waals surface area (Å²) >= 11 is 0. The molecular weight excluding hydrogens is 661 g/mol. The van der Waals surface area contributed by atoms with Gasteiger partial charge in [0.15, 0.2) is 6.10 Å². The lowest BCUT2D eigenvalue weighted by Crippen LogP contribution is -2.30. The SMILES string of the molecule is CCCCCCCCCCCCCCCCCCCCCC(=O)OC[C@H](COC(=O)CCCCCCC)OC(=O)CCCCCCCCCCCCC. The van der Waals surface area contributed by atoms with E-state index in [0.717, 1.165) is 64.2 Å². The van der Waals surface area contributed by atoms with Crippen LogP contribution in [0.3, 0.4) is 0 Å². The summed E-state index contributed by atoms with van der Waals surface area (Å²) in [5, 5.41) is 0. The van der Waals surface area contributed by atoms with Gasteiger partial charge in [-0.05, 0) is 19.3 Å². The fourth-order valence-corrected chi connectivity index (χ4v) is 7.03. The van der Waals surface area contributed by atoms with Crippen molar-refractivity contribution < 1.29 is 28.6 Å². The molecule has 0 aromatic heterocycles. The van der Waals surface area contributed by atoms with Crippen LogP contribution in [-0.2, 0) is 28.6 Å². The third kappa shape index (κ3) is 41.4. The van der Waals surface area contributed by atoms with E-state index in [1.807, 2.05) is 0 Å². The lowest BCUT2D eigenvalue weighted by atomic mass is 10.0. The molecule has 6 heteroatoms. The molecule has 0 saturated carbocycles. The Hall–Kier alpha value is -1.59. The summed E-state index contributed by atoms with van der Waals surface area (Å²) in [6.07, 6.45) is 44.1. The number of esters is 3. The normalized spacial score (nSPS) is 11.8. The van der Waals surface area contributed by atoms with Crippen molar-refractivity contribution in [2.45, 2.75) is 271 Å². The van der Waals surface area contributed by atoms with E-state index in [9.17, 15) is 14.4 Å². The average Bonchev–Trinajstić information content (AvgIpc) is 3.15. The van der Waals surface area contributed by atoms with Crippen LogP contribution in [0, 0.1) is 0 Å². The first kappa shape index (κ1) is 51.4. The molecule has 0 rings (SSSR count). The zero-order valence-electron chi connectivity index (χ0n) is 35.8. The molecule has 6 nitrogen and oxygen atoms in total. The minimum absolute atomic E-state index is 0.0638. The number of hydrogen-bond acceptors (Lipinski definition) is 6. The monoisotopic (exact) mass is 751 g/mol. The van der Waals surface area contributed by atoms with Crippen molar-refractivity contribution >= 4 is 17.9 Å². The maximum absolute atomic E-state index is 12.6. The summed E-state index contributed by atoms with van der Waals surface area (Å²) in [4.78, 5) is 37.4. The van der Waals surface area contributed by atoms with Crippen molar-refractivity contribution in [1.29, 1.82) is 0 Å². The molecule has 0 aromatic rings. The van der Waals surface area contributed by atoms with Crippen LogP contribution in [0.5, 0.6) is 0 Å². The first-order chi connectivity index (χ1) is 26.0. The summed E-state index contributed by atoms with van der Waals surface area (Å²) in [5.74, 6) is -0.865. The Morgan fingerprint density at radius 2 is 0.509 bits per heavy atom. The Bertz CT molecular complexity index is 783. The van der Waals surface area contributed by atoms with E-state index in [0.29, 0.717) is 19.3 Å². The van der Waals surface area contributed by atoms with Crippen molar-refractivity contribution in [3.8, 4) is 0 Å². The fraction of sp³-hybridized carbons (Fsp3) is 0.936. The van der Waals surface area contributed by atoms with Crippen LogP contribution in [0.1, 0.15) is 265 Å². The first-order valence-corrected chi connectivity index (χ1v) is 23.5. The Kier molecular flexibility index (Phi) is 41.8. The van der Waals surface area contributed by atoms with Gasteiger partial charge in [0.25, 0.3) is 0 Å². The van der Waals surface area contributed by atoms with Crippen LogP contribution in [0.25, 0.3) is 0 Å². The van der Waals surface area contributed by atoms with Gasteiger partial charge in [-0.2, -0.15) is 0 Å². The second kappa shape index (κ2) is 43.1. The van der Waals surface area contributed by atoms with Gasteiger partial charge in [-0.1, -0.05) is 226 Å². The van der Waals surface area contributed by atoms with E-state index in [1.165, 1.54) is 161 Å². The predicted octanol–water partition coefficient (Wildman–Crippen LogP) is 14.9. The smallest absolute Gasteiger partial charge is 0.306 e. The molecule has 53 heavy (non-hydrogen) atoms. The first-order valence-electron chi connectivity index (χ1n) is 23.5. The number of carbonyl (C=O) groups is 3. The van der Waals surface area contributed by atoms with E-state index in [4.69, 9.17) is 14.2 Å². The molecule has 0 heterocycles. The molecule has 0 saturated heterocycles. The second-order valence-corrected chi connectivity index (χ2v) is 16.0. The molecule has 0 unspecified atom stereocenters. The Morgan fingerprint density at radius 1 is 0.302 bits per heavy atom. The Labute approximate surface area is 329 Å². The van der Waals surface area contributed by atoms with Crippen LogP contribution in [0.15, 0.2) is 0 Å². The average molecular weight is 751 g/mol. The molecule has 0 amide bonds. The molecule has 0 spiro atoms. The van der Waals surface area contributed by atoms with Gasteiger partial charge in [-0.25, -0.2) is 0 Å². The predicted molar refractivity (Wildman–Crippen MR) is 224 cm³/mol. The molecule has 0 radical (unpaired) electrons. The third-order valence-corrected chi connectivity index (χ3v) is 10.6. The van der Waals surface area contributed by atoms with Crippen molar-refractivity contribution in [2.75, 3.05) is 13.2 Å². The number of carbonyl (C=O) groups excluding carboxylic acids is 3. The molecule has 0 fully saturated rings. The van der Waals surface area contributed by atoms with Crippen molar-refractivity contribution in [2.24, 2.45) is 0 Å². The highest BCUT2D eigenvalue weighted by Crippen LogP contribution is 2.16. The van der Waals surface area contributed by atoms with Gasteiger partial charge in [-0.15, -0.1) is 0 Å². The number of hydrogen-bond donors (Lipinski definition) is 0. The van der Waals surface area contributed by atoms with Gasteiger partial charge in [0, 0.05) is 19.3 Å². The maximum Gasteiger partial charge on any atom is 0.306 e. The maximum atomic E-state index is 12.6. The number of rotatable bonds is 43. The number of ether oxygens (including phenoxy) is 3. The van der Waals surface area contributed by atoms with E-state index in [-0.39, 0.29) is 31.1 Å². The van der Waals surface area contributed by atoms with E-state index in [2.05, 4.69) is 20.8 Å². The molecule has 0 N–H and O–H groups in total. The standard InChI is InChI=1S/C47H90O6/c1-4-7-10-13-15-17-19-20-21-22-23-24-25-26-28-29-31-34-37-40-46(49)52-43-44(42-51-45(48)39-36-33-12-9-6-3)53-47(50)41-38-35-32-30-27-18-16-14-11-8-5-2/h44H,4-43H2,1-3H3/t44-/m0/s1. The highest BCUT2D eigenvalue weighted by Gasteiger charge is 2.19. The van der Waals surface area contributed by atoms with Crippen molar-refractivity contribution in [3.05, 3.63) is 0 Å². The van der Waals surface area contributed by atoms with E-state index in [1.54, 1.807) is 0 Å². The summed E-state index contributed by atoms with van der Waals surface area (Å²) < 4.78 is 16.6. The largest absolute Gasteiger partial charge is 0.462 e. The van der Waals surface area contributed by atoms with Gasteiger partial charge >= 0.3 is 17.9 Å². The van der Waals surface area contributed by atoms with Gasteiger partial charge in [0.2, 0.25) is 0 Å². The van der Waals surface area contributed by atoms with Crippen molar-refractivity contribution in [3.63, 3.8) is 0 Å². The van der Waals surface area contributed by atoms with Gasteiger partial charge in [0.05, 0.1) is 0 Å². The molecule has 0 bridgehead atoms. The fourth-order valence-electron chi connectivity index (χ4n) is 7.03. The molecule has 1 atom stereocenters. The van der Waals surface area contributed by atoms with Gasteiger partial charge in [-0.3, -0.25) is 14.4 Å². The molecule has 0 aliphatic rings. The van der Waals surface area contributed by atoms with E-state index < -0.39 is 6.10 Å². The molecule has 0 aliphatic heterocycles. The van der Waals surface area contributed by atoms with E-state index >= 15 is 0 Å². The molecule has 0 aromatic carbocycles. The van der Waals surface area contributed by atoms with Gasteiger partial charge in [0.1, 0.15) is 13.2 Å². The van der Waals surface area contributed by atoms with Crippen LogP contribution >= 0.6 is 0 Å². The molecule has 314 valence electrons. The summed E-state index contributed by atoms with van der Waals surface area (Å²) in [5.41, 5.74) is 0. The molecule has 0 aliphatic carbocycles. The Morgan fingerprint density at radius 3 is 0.755 bits per heavy atom.